The molecule has 2 heterocycles. The van der Waals surface area contributed by atoms with Crippen LogP contribution in [-0.2, 0) is 21.4 Å². The van der Waals surface area contributed by atoms with E-state index in [9.17, 15) is 4.79 Å². The van der Waals surface area contributed by atoms with Gasteiger partial charge in [-0.1, -0.05) is 12.8 Å². The first-order chi connectivity index (χ1) is 13.6. The molecule has 1 saturated carbocycles. The number of amides is 1. The minimum atomic E-state index is -0.326. The maximum Gasteiger partial charge on any atom is 0.253 e. The van der Waals surface area contributed by atoms with Gasteiger partial charge in [-0.15, -0.1) is 0 Å². The van der Waals surface area contributed by atoms with Gasteiger partial charge < -0.3 is 19.7 Å². The molecule has 2 aliphatic carbocycles. The molecule has 2 unspecified atom stereocenters. The monoisotopic (exact) mass is 384 g/mol. The first-order valence-electron chi connectivity index (χ1n) is 11.0. The van der Waals surface area contributed by atoms with Gasteiger partial charge in [0, 0.05) is 18.1 Å². The summed E-state index contributed by atoms with van der Waals surface area (Å²) < 4.78 is 11.3. The maximum absolute atomic E-state index is 12.6. The molecule has 3 fully saturated rings. The Morgan fingerprint density at radius 2 is 2.14 bits per heavy atom. The third-order valence-corrected chi connectivity index (χ3v) is 7.91. The molecule has 1 amide bonds. The van der Waals surface area contributed by atoms with Crippen molar-refractivity contribution in [3.05, 3.63) is 23.3 Å². The Labute approximate surface area is 167 Å². The summed E-state index contributed by atoms with van der Waals surface area (Å²) in [4.78, 5) is 15.2. The average Bonchev–Trinajstić information content (AvgIpc) is 3.25. The van der Waals surface area contributed by atoms with Gasteiger partial charge in [-0.25, -0.2) is 0 Å². The van der Waals surface area contributed by atoms with Crippen LogP contribution in [0.4, 0.5) is 5.69 Å². The highest BCUT2D eigenvalue weighted by Crippen LogP contribution is 2.56. The van der Waals surface area contributed by atoms with E-state index in [4.69, 9.17) is 9.47 Å². The predicted molar refractivity (Wildman–Crippen MR) is 109 cm³/mol. The second-order valence-electron chi connectivity index (χ2n) is 9.21. The molecular formula is C23H32N2O3. The van der Waals surface area contributed by atoms with Crippen molar-refractivity contribution in [2.45, 2.75) is 68.9 Å². The highest BCUT2D eigenvalue weighted by Gasteiger charge is 2.53. The van der Waals surface area contributed by atoms with Crippen LogP contribution in [-0.4, -0.2) is 50.3 Å². The molecule has 5 rings (SSSR count). The topological polar surface area (TPSA) is 50.8 Å². The molecule has 2 bridgehead atoms. The van der Waals surface area contributed by atoms with E-state index < -0.39 is 0 Å². The van der Waals surface area contributed by atoms with Gasteiger partial charge in [0.1, 0.15) is 11.9 Å². The number of hydrogen-bond donors (Lipinski definition) is 1. The molecule has 152 valence electrons. The fourth-order valence-corrected chi connectivity index (χ4v) is 6.50. The lowest BCUT2D eigenvalue weighted by Crippen LogP contribution is -2.59. The molecule has 0 aromatic heterocycles. The van der Waals surface area contributed by atoms with Crippen LogP contribution in [0.3, 0.4) is 0 Å². The molecule has 28 heavy (non-hydrogen) atoms. The van der Waals surface area contributed by atoms with E-state index in [1.165, 1.54) is 49.8 Å². The Bertz CT molecular complexity index is 773. The van der Waals surface area contributed by atoms with E-state index in [1.54, 1.807) is 7.11 Å². The molecular weight excluding hydrogens is 352 g/mol. The van der Waals surface area contributed by atoms with Gasteiger partial charge in [0.05, 0.1) is 12.8 Å². The van der Waals surface area contributed by atoms with Crippen molar-refractivity contribution in [2.24, 2.45) is 5.92 Å². The highest BCUT2D eigenvalue weighted by molar-refractivity contribution is 5.95. The van der Waals surface area contributed by atoms with Crippen LogP contribution < -0.4 is 10.1 Å². The predicted octanol–water partition coefficient (Wildman–Crippen LogP) is 3.50. The summed E-state index contributed by atoms with van der Waals surface area (Å²) in [5, 5.41) is 3.10. The van der Waals surface area contributed by atoms with Crippen LogP contribution in [0.1, 0.15) is 56.1 Å². The molecule has 5 heteroatoms. The third kappa shape index (κ3) is 2.78. The number of likely N-dealkylation sites (N-methyl/N-ethyl adjacent to an activating group) is 1. The number of carbonyl (C=O) groups is 1. The zero-order chi connectivity index (χ0) is 19.3. The number of likely N-dealkylation sites (tertiary alicyclic amines) is 1. The minimum absolute atomic E-state index is 0.0439. The van der Waals surface area contributed by atoms with E-state index in [0.29, 0.717) is 18.1 Å². The van der Waals surface area contributed by atoms with Gasteiger partial charge in [0.25, 0.3) is 5.91 Å². The van der Waals surface area contributed by atoms with Gasteiger partial charge >= 0.3 is 0 Å². The summed E-state index contributed by atoms with van der Waals surface area (Å²) in [6, 6.07) is 5.07. The van der Waals surface area contributed by atoms with Crippen LogP contribution >= 0.6 is 0 Å². The van der Waals surface area contributed by atoms with Crippen molar-refractivity contribution in [1.29, 1.82) is 0 Å². The van der Waals surface area contributed by atoms with E-state index in [1.807, 2.05) is 0 Å². The van der Waals surface area contributed by atoms with Gasteiger partial charge in [-0.3, -0.25) is 4.79 Å². The van der Waals surface area contributed by atoms with Gasteiger partial charge in [-0.05, 0) is 81.3 Å². The third-order valence-electron chi connectivity index (χ3n) is 7.91. The van der Waals surface area contributed by atoms with Crippen molar-refractivity contribution in [3.8, 4) is 5.75 Å². The van der Waals surface area contributed by atoms with E-state index in [-0.39, 0.29) is 12.0 Å². The van der Waals surface area contributed by atoms with Crippen LogP contribution in [0.2, 0.25) is 0 Å². The molecule has 4 atom stereocenters. The number of hydrogen-bond acceptors (Lipinski definition) is 4. The van der Waals surface area contributed by atoms with E-state index in [2.05, 4.69) is 29.4 Å². The second kappa shape index (κ2) is 7.03. The Morgan fingerprint density at radius 3 is 2.93 bits per heavy atom. The minimum Gasteiger partial charge on any atom is -0.495 e. The fraction of sp³-hybridized carbons (Fsp3) is 0.696. The molecule has 4 aliphatic rings. The maximum atomic E-state index is 12.6. The summed E-state index contributed by atoms with van der Waals surface area (Å²) in [6.07, 6.45) is 9.06. The van der Waals surface area contributed by atoms with Gasteiger partial charge in [-0.2, -0.15) is 0 Å². The zero-order valence-electron chi connectivity index (χ0n) is 17.1. The lowest BCUT2D eigenvalue weighted by atomic mass is 9.52. The second-order valence-corrected chi connectivity index (χ2v) is 9.21. The Balaban J connectivity index is 1.53. The molecule has 1 aromatic carbocycles. The van der Waals surface area contributed by atoms with Gasteiger partial charge in [0.2, 0.25) is 0 Å². The standard InChI is InChI=1S/C23H32N2O3/c1-25-10-9-23-8-4-3-6-16(23)19(25)13-15-12-18(21(27-2)14-17(15)23)24-22(26)20-7-5-11-28-20/h12,14,16,19-20H,3-11,13H2,1-2H3,(H,24,26)/t16?,19-,20?,23+/m0/s1. The number of methoxy groups -OCH3 is 1. The average molecular weight is 385 g/mol. The van der Waals surface area contributed by atoms with Crippen molar-refractivity contribution < 1.29 is 14.3 Å². The first-order valence-corrected chi connectivity index (χ1v) is 11.0. The highest BCUT2D eigenvalue weighted by atomic mass is 16.5. The Kier molecular flexibility index (Phi) is 4.63. The molecule has 2 aliphatic heterocycles. The lowest BCUT2D eigenvalue weighted by Gasteiger charge is -2.58. The largest absolute Gasteiger partial charge is 0.495 e. The van der Waals surface area contributed by atoms with Crippen molar-refractivity contribution in [2.75, 3.05) is 32.6 Å². The van der Waals surface area contributed by atoms with Crippen LogP contribution in [0, 0.1) is 5.92 Å². The van der Waals surface area contributed by atoms with Crippen molar-refractivity contribution in [1.82, 2.24) is 4.90 Å². The zero-order valence-corrected chi connectivity index (χ0v) is 17.1. The summed E-state index contributed by atoms with van der Waals surface area (Å²) in [5.41, 5.74) is 3.99. The SMILES string of the molecule is COc1cc2c(cc1NC(=O)C1CCCO1)C[C@H]1C3CCCC[C@]23CCN1C. The number of carbonyl (C=O) groups excluding carboxylic acids is 1. The number of rotatable bonds is 3. The van der Waals surface area contributed by atoms with Gasteiger partial charge in [0.15, 0.2) is 0 Å². The van der Waals surface area contributed by atoms with Crippen LogP contribution in [0.15, 0.2) is 12.1 Å². The molecule has 0 radical (unpaired) electrons. The summed E-state index contributed by atoms with van der Waals surface area (Å²) in [6.45, 7) is 1.86. The quantitative estimate of drug-likeness (QED) is 0.867. The van der Waals surface area contributed by atoms with Crippen LogP contribution in [0.5, 0.6) is 5.75 Å². The molecule has 5 nitrogen and oxygen atoms in total. The lowest BCUT2D eigenvalue weighted by molar-refractivity contribution is -0.124. The summed E-state index contributed by atoms with van der Waals surface area (Å²) in [5.74, 6) is 1.50. The van der Waals surface area contributed by atoms with Crippen molar-refractivity contribution in [3.63, 3.8) is 0 Å². The number of nitrogens with one attached hydrogen (secondary N) is 1. The summed E-state index contributed by atoms with van der Waals surface area (Å²) >= 11 is 0. The Morgan fingerprint density at radius 1 is 1.25 bits per heavy atom. The smallest absolute Gasteiger partial charge is 0.253 e. The molecule has 1 aromatic rings. The van der Waals surface area contributed by atoms with Crippen molar-refractivity contribution >= 4 is 11.6 Å². The van der Waals surface area contributed by atoms with Crippen LogP contribution in [0.25, 0.3) is 0 Å². The number of piperidine rings is 1. The number of anilines is 1. The normalized spacial score (nSPS) is 34.4. The van der Waals surface area contributed by atoms with E-state index >= 15 is 0 Å². The molecule has 1 N–H and O–H groups in total. The number of benzene rings is 1. The molecule has 0 spiro atoms. The summed E-state index contributed by atoms with van der Waals surface area (Å²) in [7, 11) is 4.00. The molecule has 2 saturated heterocycles. The number of fused-ring (bicyclic) bond motifs is 1. The number of ether oxygens (including phenoxy) is 2. The van der Waals surface area contributed by atoms with E-state index in [0.717, 1.165) is 36.6 Å². The fourth-order valence-electron chi connectivity index (χ4n) is 6.50. The number of nitrogens with zero attached hydrogens (tertiary/aromatic N) is 1. The Hall–Kier alpha value is -1.59. The first kappa shape index (κ1) is 18.4.